The molecule has 4 heterocycles. The van der Waals surface area contributed by atoms with E-state index in [0.29, 0.717) is 35.2 Å². The van der Waals surface area contributed by atoms with E-state index in [1.807, 2.05) is 13.8 Å². The number of hydrogen-bond acceptors (Lipinski definition) is 8. The zero-order valence-corrected chi connectivity index (χ0v) is 31.6. The Hall–Kier alpha value is -0.320. The third-order valence-electron chi connectivity index (χ3n) is 9.73. The lowest BCUT2D eigenvalue weighted by Gasteiger charge is -2.40. The Morgan fingerprint density at radius 3 is 0.978 bits per heavy atom. The maximum atomic E-state index is 5.72. The van der Waals surface area contributed by atoms with E-state index >= 15 is 0 Å². The lowest BCUT2D eigenvalue weighted by Crippen LogP contribution is -2.46. The smallest absolute Gasteiger partial charge is 0.0596 e. The van der Waals surface area contributed by atoms with Crippen LogP contribution in [0.3, 0.4) is 0 Å². The van der Waals surface area contributed by atoms with E-state index in [2.05, 4.69) is 75.0 Å². The molecule has 8 nitrogen and oxygen atoms in total. The van der Waals surface area contributed by atoms with Gasteiger partial charge in [-0.05, 0) is 125 Å². The zero-order valence-electron chi connectivity index (χ0n) is 31.6. The monoisotopic (exact) mass is 641 g/mol. The molecule has 4 aliphatic rings. The highest BCUT2D eigenvalue weighted by molar-refractivity contribution is 4.97. The summed E-state index contributed by atoms with van der Waals surface area (Å²) in [7, 11) is 0. The molecule has 4 saturated heterocycles. The predicted octanol–water partition coefficient (Wildman–Crippen LogP) is 5.88. The lowest BCUT2D eigenvalue weighted by molar-refractivity contribution is 0.0288. The summed E-state index contributed by atoms with van der Waals surface area (Å²) in [5, 5.41) is 0. The summed E-state index contributed by atoms with van der Waals surface area (Å²) in [6, 6.07) is 0. The highest BCUT2D eigenvalue weighted by Gasteiger charge is 2.43. The van der Waals surface area contributed by atoms with Crippen LogP contribution in [-0.2, 0) is 18.9 Å². The fourth-order valence-corrected chi connectivity index (χ4v) is 7.49. The molecule has 0 unspecified atom stereocenters. The molecular weight excluding hydrogens is 564 g/mol. The molecular formula is C37H76N4O4. The summed E-state index contributed by atoms with van der Waals surface area (Å²) in [4.78, 5) is 10.4. The third kappa shape index (κ3) is 16.1. The van der Waals surface area contributed by atoms with Crippen molar-refractivity contribution in [2.45, 2.75) is 126 Å². The van der Waals surface area contributed by atoms with Gasteiger partial charge >= 0.3 is 0 Å². The van der Waals surface area contributed by atoms with Crippen molar-refractivity contribution < 1.29 is 18.9 Å². The molecule has 8 heteroatoms. The second-order valence-electron chi connectivity index (χ2n) is 15.1. The second kappa shape index (κ2) is 21.6. The molecule has 0 bridgehead atoms. The molecule has 0 saturated carbocycles. The molecule has 0 N–H and O–H groups in total. The second-order valence-corrected chi connectivity index (χ2v) is 15.1. The molecule has 45 heavy (non-hydrogen) atoms. The fraction of sp³-hybridized carbons (Fsp3) is 1.00. The average Bonchev–Trinajstić information content (AvgIpc) is 3.68. The van der Waals surface area contributed by atoms with Gasteiger partial charge in [-0.1, -0.05) is 13.8 Å². The summed E-state index contributed by atoms with van der Waals surface area (Å²) in [6.45, 7) is 38.8. The van der Waals surface area contributed by atoms with Crippen LogP contribution in [0.4, 0.5) is 0 Å². The van der Waals surface area contributed by atoms with Crippen LogP contribution in [0.1, 0.15) is 101 Å². The van der Waals surface area contributed by atoms with Crippen LogP contribution in [0.5, 0.6) is 0 Å². The van der Waals surface area contributed by atoms with E-state index in [4.69, 9.17) is 18.9 Å². The van der Waals surface area contributed by atoms with E-state index in [1.54, 1.807) is 0 Å². The zero-order chi connectivity index (χ0) is 33.3. The SMILES string of the molecule is CC.CC(C)OCCN1CCC2(CCN(CCOC(C)C)C2)C1.CC(C)OCCN1CCC[C@@]2(CCN(CCOC(C)C)C2)C1. The van der Waals surface area contributed by atoms with Crippen LogP contribution in [0.25, 0.3) is 0 Å². The van der Waals surface area contributed by atoms with Crippen molar-refractivity contribution in [1.29, 1.82) is 0 Å². The van der Waals surface area contributed by atoms with Gasteiger partial charge in [0.2, 0.25) is 0 Å². The average molecular weight is 641 g/mol. The standard InChI is InChI=1S/C18H36N2O2.C17H34N2O2.C2H6/c1-16(2)21-12-10-19-8-5-6-18(14-19)7-9-20(15-18)11-13-22-17(3)4;1-15(2)20-11-9-18-7-5-17(13-18)6-8-19(14-17)10-12-21-16(3)4;1-2/h16-17H,5-15H2,1-4H3;15-16H,5-14H2,1-4H3;1-2H3/t18-;;/m1../s1. The summed E-state index contributed by atoms with van der Waals surface area (Å²) in [5.41, 5.74) is 1.09. The molecule has 4 aliphatic heterocycles. The molecule has 0 aromatic rings. The molecule has 0 aromatic carbocycles. The highest BCUT2D eigenvalue weighted by atomic mass is 16.5. The van der Waals surface area contributed by atoms with Crippen LogP contribution in [0.15, 0.2) is 0 Å². The Labute approximate surface area is 279 Å². The molecule has 4 fully saturated rings. The Kier molecular flexibility index (Phi) is 19.6. The number of ether oxygens (including phenoxy) is 4. The summed E-state index contributed by atoms with van der Waals surface area (Å²) in [5.74, 6) is 0. The normalized spacial score (nSPS) is 24.4. The summed E-state index contributed by atoms with van der Waals surface area (Å²) >= 11 is 0. The van der Waals surface area contributed by atoms with Crippen LogP contribution in [0, 0.1) is 10.8 Å². The van der Waals surface area contributed by atoms with Gasteiger partial charge in [0.1, 0.15) is 0 Å². The topological polar surface area (TPSA) is 49.9 Å². The van der Waals surface area contributed by atoms with Crippen LogP contribution in [0.2, 0.25) is 0 Å². The first-order valence-electron chi connectivity index (χ1n) is 18.8. The lowest BCUT2D eigenvalue weighted by atomic mass is 9.79. The van der Waals surface area contributed by atoms with Gasteiger partial charge in [0, 0.05) is 52.4 Å². The predicted molar refractivity (Wildman–Crippen MR) is 189 cm³/mol. The molecule has 4 rings (SSSR count). The molecule has 0 radical (unpaired) electrons. The molecule has 268 valence electrons. The molecule has 0 aromatic heterocycles. The van der Waals surface area contributed by atoms with Crippen molar-refractivity contribution in [2.75, 3.05) is 105 Å². The summed E-state index contributed by atoms with van der Waals surface area (Å²) in [6.07, 6.45) is 8.22. The number of hydrogen-bond donors (Lipinski definition) is 0. The highest BCUT2D eigenvalue weighted by Crippen LogP contribution is 2.40. The van der Waals surface area contributed by atoms with Gasteiger partial charge in [-0.25, -0.2) is 0 Å². The van der Waals surface area contributed by atoms with Crippen molar-refractivity contribution in [1.82, 2.24) is 19.6 Å². The number of nitrogens with zero attached hydrogens (tertiary/aromatic N) is 4. The molecule has 0 amide bonds. The van der Waals surface area contributed by atoms with Gasteiger partial charge in [0.15, 0.2) is 0 Å². The first-order chi connectivity index (χ1) is 21.5. The van der Waals surface area contributed by atoms with Crippen molar-refractivity contribution in [2.24, 2.45) is 10.8 Å². The number of piperidine rings is 1. The van der Waals surface area contributed by atoms with E-state index in [9.17, 15) is 0 Å². The molecule has 0 aliphatic carbocycles. The largest absolute Gasteiger partial charge is 0.377 e. The summed E-state index contributed by atoms with van der Waals surface area (Å²) < 4.78 is 22.8. The van der Waals surface area contributed by atoms with Gasteiger partial charge < -0.3 is 38.5 Å². The Morgan fingerprint density at radius 1 is 0.422 bits per heavy atom. The maximum absolute atomic E-state index is 5.72. The Balaban J connectivity index is 0.000000297. The van der Waals surface area contributed by atoms with E-state index in [0.717, 1.165) is 52.6 Å². The van der Waals surface area contributed by atoms with E-state index in [-0.39, 0.29) is 0 Å². The van der Waals surface area contributed by atoms with Crippen molar-refractivity contribution in [3.05, 3.63) is 0 Å². The van der Waals surface area contributed by atoms with Crippen molar-refractivity contribution in [3.63, 3.8) is 0 Å². The van der Waals surface area contributed by atoms with E-state index in [1.165, 1.54) is 84.5 Å². The Morgan fingerprint density at radius 2 is 0.689 bits per heavy atom. The minimum atomic E-state index is 0.349. The molecule has 2 spiro atoms. The van der Waals surface area contributed by atoms with E-state index < -0.39 is 0 Å². The van der Waals surface area contributed by atoms with Crippen LogP contribution < -0.4 is 0 Å². The van der Waals surface area contributed by atoms with Crippen molar-refractivity contribution >= 4 is 0 Å². The van der Waals surface area contributed by atoms with Gasteiger partial charge in [0.05, 0.1) is 50.8 Å². The van der Waals surface area contributed by atoms with Crippen LogP contribution >= 0.6 is 0 Å². The Bertz CT molecular complexity index is 722. The first-order valence-corrected chi connectivity index (χ1v) is 18.8. The minimum absolute atomic E-state index is 0.349. The van der Waals surface area contributed by atoms with Gasteiger partial charge in [-0.2, -0.15) is 0 Å². The van der Waals surface area contributed by atoms with Gasteiger partial charge in [-0.3, -0.25) is 0 Å². The van der Waals surface area contributed by atoms with Crippen LogP contribution in [-0.4, -0.2) is 149 Å². The third-order valence-corrected chi connectivity index (χ3v) is 9.73. The van der Waals surface area contributed by atoms with Crippen molar-refractivity contribution in [3.8, 4) is 0 Å². The quantitative estimate of drug-likeness (QED) is 0.207. The fourth-order valence-electron chi connectivity index (χ4n) is 7.49. The number of rotatable bonds is 16. The number of likely N-dealkylation sites (tertiary alicyclic amines) is 4. The maximum Gasteiger partial charge on any atom is 0.0596 e. The molecule has 1 atom stereocenters. The van der Waals surface area contributed by atoms with Gasteiger partial charge in [0.25, 0.3) is 0 Å². The van der Waals surface area contributed by atoms with Gasteiger partial charge in [-0.15, -0.1) is 0 Å². The first kappa shape index (κ1) is 40.9. The minimum Gasteiger partial charge on any atom is -0.377 e.